The predicted molar refractivity (Wildman–Crippen MR) is 60.5 cm³/mol. The van der Waals surface area contributed by atoms with Crippen LogP contribution in [0.4, 0.5) is 13.2 Å². The van der Waals surface area contributed by atoms with Gasteiger partial charge in [0.05, 0.1) is 15.3 Å². The highest BCUT2D eigenvalue weighted by atomic mass is 79.9. The highest BCUT2D eigenvalue weighted by molar-refractivity contribution is 9.11. The van der Waals surface area contributed by atoms with Crippen molar-refractivity contribution in [2.75, 3.05) is 0 Å². The highest BCUT2D eigenvalue weighted by Crippen LogP contribution is 2.43. The summed E-state index contributed by atoms with van der Waals surface area (Å²) in [6, 6.07) is 0. The third-order valence-electron chi connectivity index (χ3n) is 2.90. The number of carbonyl (C=O) groups is 1. The van der Waals surface area contributed by atoms with Crippen LogP contribution < -0.4 is 0 Å². The molecule has 1 aromatic rings. The summed E-state index contributed by atoms with van der Waals surface area (Å²) in [5.41, 5.74) is 0.695. The van der Waals surface area contributed by atoms with Crippen LogP contribution in [-0.2, 0) is 12.8 Å². The number of hydrogen-bond acceptors (Lipinski definition) is 2. The molecule has 0 amide bonds. The summed E-state index contributed by atoms with van der Waals surface area (Å²) in [6.45, 7) is 0. The summed E-state index contributed by atoms with van der Waals surface area (Å²) in [5, 5.41) is 8.99. The zero-order valence-electron chi connectivity index (χ0n) is 8.47. The van der Waals surface area contributed by atoms with Crippen molar-refractivity contribution in [3.05, 3.63) is 19.8 Å². The molecule has 0 saturated heterocycles. The molecule has 1 heterocycles. The van der Waals surface area contributed by atoms with Crippen LogP contribution in [0.2, 0.25) is 0 Å². The Balaban J connectivity index is 2.35. The van der Waals surface area contributed by atoms with E-state index in [1.807, 2.05) is 0 Å². The van der Waals surface area contributed by atoms with Gasteiger partial charge >= 0.3 is 12.1 Å². The van der Waals surface area contributed by atoms with E-state index in [9.17, 15) is 18.0 Å². The normalized spacial score (nSPS) is 20.1. The van der Waals surface area contributed by atoms with Crippen molar-refractivity contribution in [3.8, 4) is 0 Å². The lowest BCUT2D eigenvalue weighted by Gasteiger charge is -2.24. The Morgan fingerprint density at radius 1 is 1.47 bits per heavy atom. The van der Waals surface area contributed by atoms with Gasteiger partial charge in [-0.1, -0.05) is 0 Å². The number of thiophene rings is 1. The van der Waals surface area contributed by atoms with E-state index in [1.165, 1.54) is 0 Å². The molecule has 1 N–H and O–H groups in total. The van der Waals surface area contributed by atoms with Gasteiger partial charge in [0.25, 0.3) is 0 Å². The second kappa shape index (κ2) is 4.28. The number of halogens is 4. The number of aromatic carboxylic acids is 1. The first kappa shape index (κ1) is 12.9. The lowest BCUT2D eigenvalue weighted by molar-refractivity contribution is -0.176. The van der Waals surface area contributed by atoms with Gasteiger partial charge in [-0.25, -0.2) is 4.79 Å². The van der Waals surface area contributed by atoms with E-state index in [0.29, 0.717) is 14.2 Å². The quantitative estimate of drug-likeness (QED) is 0.849. The van der Waals surface area contributed by atoms with Crippen molar-refractivity contribution in [1.29, 1.82) is 0 Å². The number of carboxylic acid groups (broad SMARTS) is 1. The first-order chi connectivity index (χ1) is 7.80. The molecule has 94 valence electrons. The molecule has 2 rings (SSSR count). The molecular weight excluding hydrogens is 321 g/mol. The van der Waals surface area contributed by atoms with E-state index in [0.717, 1.165) is 11.3 Å². The molecule has 1 atom stereocenters. The van der Waals surface area contributed by atoms with Crippen molar-refractivity contribution in [3.63, 3.8) is 0 Å². The van der Waals surface area contributed by atoms with E-state index in [2.05, 4.69) is 15.9 Å². The molecule has 0 spiro atoms. The standard InChI is InChI=1S/C10H8BrF3O2S/c11-8-7(9(15)16)5-2-1-4(10(12,13)14)3-6(5)17-8/h4H,1-3H2,(H,15,16). The maximum atomic E-state index is 12.6. The molecule has 0 radical (unpaired) electrons. The fourth-order valence-electron chi connectivity index (χ4n) is 2.05. The van der Waals surface area contributed by atoms with Gasteiger partial charge in [-0.2, -0.15) is 13.2 Å². The third kappa shape index (κ3) is 2.35. The van der Waals surface area contributed by atoms with E-state index in [1.54, 1.807) is 0 Å². The van der Waals surface area contributed by atoms with E-state index in [4.69, 9.17) is 5.11 Å². The minimum Gasteiger partial charge on any atom is -0.478 e. The van der Waals surface area contributed by atoms with E-state index >= 15 is 0 Å². The van der Waals surface area contributed by atoms with E-state index < -0.39 is 18.1 Å². The van der Waals surface area contributed by atoms with Gasteiger partial charge in [0, 0.05) is 4.88 Å². The Morgan fingerprint density at radius 2 is 2.12 bits per heavy atom. The molecule has 1 unspecified atom stereocenters. The lowest BCUT2D eigenvalue weighted by Crippen LogP contribution is -2.28. The zero-order valence-corrected chi connectivity index (χ0v) is 10.9. The van der Waals surface area contributed by atoms with Crippen molar-refractivity contribution in [2.45, 2.75) is 25.4 Å². The smallest absolute Gasteiger partial charge is 0.392 e. The van der Waals surface area contributed by atoms with Crippen molar-refractivity contribution < 1.29 is 23.1 Å². The average Bonchev–Trinajstić information content (AvgIpc) is 2.50. The minimum absolute atomic E-state index is 0.0278. The van der Waals surface area contributed by atoms with Gasteiger partial charge in [-0.15, -0.1) is 11.3 Å². The maximum Gasteiger partial charge on any atom is 0.392 e. The number of alkyl halides is 3. The van der Waals surface area contributed by atoms with Crippen LogP contribution in [0.25, 0.3) is 0 Å². The average molecular weight is 329 g/mol. The second-order valence-electron chi connectivity index (χ2n) is 3.94. The lowest BCUT2D eigenvalue weighted by atomic mass is 9.87. The van der Waals surface area contributed by atoms with Crippen LogP contribution in [0.5, 0.6) is 0 Å². The first-order valence-electron chi connectivity index (χ1n) is 4.90. The zero-order chi connectivity index (χ0) is 12.8. The Labute approximate surface area is 108 Å². The molecule has 2 nitrogen and oxygen atoms in total. The number of hydrogen-bond donors (Lipinski definition) is 1. The largest absolute Gasteiger partial charge is 0.478 e. The predicted octanol–water partition coefficient (Wildman–Crippen LogP) is 3.88. The van der Waals surface area contributed by atoms with Crippen molar-refractivity contribution >= 4 is 33.2 Å². The Morgan fingerprint density at radius 3 is 2.65 bits per heavy atom. The molecular formula is C10H8BrF3O2S. The third-order valence-corrected chi connectivity index (χ3v) is 4.82. The number of fused-ring (bicyclic) bond motifs is 1. The molecule has 1 aliphatic carbocycles. The van der Waals surface area contributed by atoms with Gasteiger partial charge in [0.1, 0.15) is 0 Å². The van der Waals surface area contributed by atoms with Crippen LogP contribution in [0.1, 0.15) is 27.2 Å². The summed E-state index contributed by atoms with van der Waals surface area (Å²) in [7, 11) is 0. The molecule has 0 aromatic carbocycles. The molecule has 1 aliphatic rings. The monoisotopic (exact) mass is 328 g/mol. The van der Waals surface area contributed by atoms with Crippen LogP contribution >= 0.6 is 27.3 Å². The Bertz CT molecular complexity index is 467. The Hall–Kier alpha value is -0.560. The van der Waals surface area contributed by atoms with Crippen LogP contribution in [-0.4, -0.2) is 17.3 Å². The van der Waals surface area contributed by atoms with Gasteiger partial charge in [-0.3, -0.25) is 0 Å². The van der Waals surface area contributed by atoms with Gasteiger partial charge in [0.2, 0.25) is 0 Å². The fourth-order valence-corrected chi connectivity index (χ4v) is 4.18. The summed E-state index contributed by atoms with van der Waals surface area (Å²) >= 11 is 4.21. The molecule has 0 bridgehead atoms. The molecule has 1 aromatic heterocycles. The fraction of sp³-hybridized carbons (Fsp3) is 0.500. The maximum absolute atomic E-state index is 12.6. The topological polar surface area (TPSA) is 37.3 Å². The first-order valence-corrected chi connectivity index (χ1v) is 6.51. The molecule has 0 fully saturated rings. The summed E-state index contributed by atoms with van der Waals surface area (Å²) in [5.74, 6) is -2.43. The van der Waals surface area contributed by atoms with Gasteiger partial charge in [0.15, 0.2) is 0 Å². The summed E-state index contributed by atoms with van der Waals surface area (Å²) in [6.07, 6.45) is -4.14. The Kier molecular flexibility index (Phi) is 3.24. The van der Waals surface area contributed by atoms with Crippen molar-refractivity contribution in [1.82, 2.24) is 0 Å². The molecule has 17 heavy (non-hydrogen) atoms. The van der Waals surface area contributed by atoms with E-state index in [-0.39, 0.29) is 24.8 Å². The molecule has 0 aliphatic heterocycles. The van der Waals surface area contributed by atoms with Crippen molar-refractivity contribution in [2.24, 2.45) is 5.92 Å². The van der Waals surface area contributed by atoms with Crippen LogP contribution in [0.3, 0.4) is 0 Å². The van der Waals surface area contributed by atoms with Crippen LogP contribution in [0.15, 0.2) is 3.79 Å². The minimum atomic E-state index is -4.20. The molecule has 0 saturated carbocycles. The second-order valence-corrected chi connectivity index (χ2v) is 6.36. The summed E-state index contributed by atoms with van der Waals surface area (Å²) < 4.78 is 38.1. The summed E-state index contributed by atoms with van der Waals surface area (Å²) in [4.78, 5) is 11.5. The van der Waals surface area contributed by atoms with Crippen LogP contribution in [0, 0.1) is 5.92 Å². The SMILES string of the molecule is O=C(O)c1c(Br)sc2c1CCC(C(F)(F)F)C2. The molecule has 7 heteroatoms. The van der Waals surface area contributed by atoms with Gasteiger partial charge < -0.3 is 5.11 Å². The number of rotatable bonds is 1. The van der Waals surface area contributed by atoms with Gasteiger partial charge in [-0.05, 0) is 40.8 Å². The number of carboxylic acids is 1. The highest BCUT2D eigenvalue weighted by Gasteiger charge is 2.42.